The second-order valence-corrected chi connectivity index (χ2v) is 3.56. The summed E-state index contributed by atoms with van der Waals surface area (Å²) in [6.45, 7) is 1.66. The lowest BCUT2D eigenvalue weighted by molar-refractivity contribution is -0.384. The Kier molecular flexibility index (Phi) is 2.61. The molecular formula is C12H12N2O4. The number of nitrogens with zero attached hydrogens (tertiary/aromatic N) is 1. The van der Waals surface area contributed by atoms with Crippen molar-refractivity contribution in [2.45, 2.75) is 13.3 Å². The van der Waals surface area contributed by atoms with E-state index in [2.05, 4.69) is 9.72 Å². The van der Waals surface area contributed by atoms with Crippen LogP contribution in [0.15, 0.2) is 24.3 Å². The minimum Gasteiger partial charge on any atom is -0.466 e. The number of non-ortho nitro benzene ring substituents is 1. The molecule has 1 aromatic carbocycles. The van der Waals surface area contributed by atoms with Crippen LogP contribution in [0.2, 0.25) is 0 Å². The van der Waals surface area contributed by atoms with Crippen molar-refractivity contribution in [1.82, 2.24) is 4.98 Å². The maximum absolute atomic E-state index is 11.6. The Morgan fingerprint density at radius 3 is 3.00 bits per heavy atom. The fraction of sp³-hybridized carbons (Fsp3) is 0.250. The lowest BCUT2D eigenvalue weighted by Gasteiger charge is -1.98. The van der Waals surface area contributed by atoms with Crippen LogP contribution in [-0.4, -0.2) is 22.5 Å². The fourth-order valence-electron chi connectivity index (χ4n) is 1.58. The van der Waals surface area contributed by atoms with E-state index in [0.29, 0.717) is 10.9 Å². The number of carbonyl (C=O) groups excluding carboxylic acids is 1. The summed E-state index contributed by atoms with van der Waals surface area (Å²) in [5, 5.41) is 11.1. The van der Waals surface area contributed by atoms with Crippen molar-refractivity contribution in [2.75, 3.05) is 6.61 Å². The molecule has 0 aliphatic carbocycles. The van der Waals surface area contributed by atoms with E-state index in [1.807, 2.05) is 0 Å². The largest absolute Gasteiger partial charge is 0.466 e. The van der Waals surface area contributed by atoms with Gasteiger partial charge in [-0.1, -0.05) is 0 Å². The van der Waals surface area contributed by atoms with Crippen molar-refractivity contribution in [2.24, 2.45) is 0 Å². The van der Waals surface area contributed by atoms with Gasteiger partial charge in [0.15, 0.2) is 0 Å². The maximum Gasteiger partial charge on any atom is 0.311 e. The third-order valence-corrected chi connectivity index (χ3v) is 2.33. The smallest absolute Gasteiger partial charge is 0.311 e. The van der Waals surface area contributed by atoms with Crippen LogP contribution in [0.1, 0.15) is 15.4 Å². The molecule has 0 bridgehead atoms. The Morgan fingerprint density at radius 1 is 1.56 bits per heavy atom. The SMILES string of the molecule is [2H]C([2H])(C(=O)OCC)c1cc2cc([N+](=O)[O-])ccc2[nH]1. The molecule has 6 nitrogen and oxygen atoms in total. The third kappa shape index (κ3) is 2.48. The van der Waals surface area contributed by atoms with E-state index in [-0.39, 0.29) is 18.0 Å². The predicted molar refractivity (Wildman–Crippen MR) is 65.3 cm³/mol. The van der Waals surface area contributed by atoms with Gasteiger partial charge in [0.1, 0.15) is 0 Å². The van der Waals surface area contributed by atoms with Crippen LogP contribution >= 0.6 is 0 Å². The number of nitrogens with one attached hydrogen (secondary N) is 1. The summed E-state index contributed by atoms with van der Waals surface area (Å²) in [7, 11) is 0. The van der Waals surface area contributed by atoms with Gasteiger partial charge in [0.25, 0.3) is 5.69 Å². The molecule has 18 heavy (non-hydrogen) atoms. The van der Waals surface area contributed by atoms with E-state index in [1.165, 1.54) is 24.3 Å². The van der Waals surface area contributed by atoms with Crippen LogP contribution < -0.4 is 0 Å². The van der Waals surface area contributed by atoms with Gasteiger partial charge in [-0.2, -0.15) is 0 Å². The van der Waals surface area contributed by atoms with Gasteiger partial charge in [0.2, 0.25) is 0 Å². The first-order valence-corrected chi connectivity index (χ1v) is 5.31. The van der Waals surface area contributed by atoms with Crippen molar-refractivity contribution < 1.29 is 17.2 Å². The minimum absolute atomic E-state index is 0.00597. The lowest BCUT2D eigenvalue weighted by atomic mass is 10.2. The first-order valence-electron chi connectivity index (χ1n) is 6.31. The summed E-state index contributed by atoms with van der Waals surface area (Å²) < 4.78 is 20.2. The third-order valence-electron chi connectivity index (χ3n) is 2.33. The van der Waals surface area contributed by atoms with Crippen LogP contribution in [0.25, 0.3) is 10.9 Å². The van der Waals surface area contributed by atoms with Crippen molar-refractivity contribution >= 4 is 22.6 Å². The van der Waals surface area contributed by atoms with Crippen molar-refractivity contribution in [3.63, 3.8) is 0 Å². The summed E-state index contributed by atoms with van der Waals surface area (Å²) in [4.78, 5) is 24.5. The van der Waals surface area contributed by atoms with Gasteiger partial charge in [0, 0.05) is 31.5 Å². The van der Waals surface area contributed by atoms with Crippen LogP contribution in [0.5, 0.6) is 0 Å². The molecule has 2 aromatic rings. The molecule has 0 aliphatic heterocycles. The van der Waals surface area contributed by atoms with Crippen LogP contribution in [0, 0.1) is 10.1 Å². The fourth-order valence-corrected chi connectivity index (χ4v) is 1.58. The number of nitro groups is 1. The quantitative estimate of drug-likeness (QED) is 0.512. The molecule has 6 heteroatoms. The van der Waals surface area contributed by atoms with Crippen LogP contribution in [0.4, 0.5) is 5.69 Å². The lowest BCUT2D eigenvalue weighted by Crippen LogP contribution is -2.07. The van der Waals surface area contributed by atoms with E-state index in [0.717, 1.165) is 0 Å². The first kappa shape index (κ1) is 9.64. The van der Waals surface area contributed by atoms with E-state index in [4.69, 9.17) is 2.74 Å². The molecule has 0 saturated heterocycles. The topological polar surface area (TPSA) is 85.2 Å². The van der Waals surface area contributed by atoms with Gasteiger partial charge < -0.3 is 9.72 Å². The van der Waals surface area contributed by atoms with Gasteiger partial charge in [-0.05, 0) is 19.1 Å². The zero-order valence-electron chi connectivity index (χ0n) is 11.6. The highest BCUT2D eigenvalue weighted by molar-refractivity contribution is 5.84. The normalized spacial score (nSPS) is 12.9. The Labute approximate surface area is 106 Å². The molecule has 0 radical (unpaired) electrons. The number of benzene rings is 1. The minimum atomic E-state index is -2.33. The molecule has 0 fully saturated rings. The number of rotatable bonds is 4. The van der Waals surface area contributed by atoms with Crippen molar-refractivity contribution in [3.8, 4) is 0 Å². The molecule has 0 saturated carbocycles. The standard InChI is InChI=1S/C12H12N2O4/c1-2-18-12(15)7-9-5-8-6-10(14(16)17)3-4-11(8)13-9/h3-6,13H,2,7H2,1H3/i7D2. The maximum atomic E-state index is 11.6. The molecule has 1 heterocycles. The predicted octanol–water partition coefficient (Wildman–Crippen LogP) is 2.18. The molecule has 94 valence electrons. The Hall–Kier alpha value is -2.37. The van der Waals surface area contributed by atoms with Crippen LogP contribution in [-0.2, 0) is 15.9 Å². The molecule has 0 spiro atoms. The number of H-pyrrole nitrogens is 1. The molecule has 1 N–H and O–H groups in total. The van der Waals surface area contributed by atoms with Gasteiger partial charge in [-0.25, -0.2) is 0 Å². The number of ether oxygens (including phenoxy) is 1. The van der Waals surface area contributed by atoms with Gasteiger partial charge in [0.05, 0.1) is 17.9 Å². The van der Waals surface area contributed by atoms with Crippen molar-refractivity contribution in [1.29, 1.82) is 0 Å². The average molecular weight is 250 g/mol. The van der Waals surface area contributed by atoms with Gasteiger partial charge >= 0.3 is 5.97 Å². The zero-order valence-corrected chi connectivity index (χ0v) is 9.60. The van der Waals surface area contributed by atoms with E-state index in [1.54, 1.807) is 6.92 Å². The van der Waals surface area contributed by atoms with E-state index in [9.17, 15) is 14.9 Å². The number of nitro benzene ring substituents is 1. The van der Waals surface area contributed by atoms with E-state index >= 15 is 0 Å². The van der Waals surface area contributed by atoms with Crippen molar-refractivity contribution in [3.05, 3.63) is 40.1 Å². The number of hydrogen-bond acceptors (Lipinski definition) is 4. The second kappa shape index (κ2) is 4.87. The highest BCUT2D eigenvalue weighted by atomic mass is 16.6. The first-order chi connectivity index (χ1) is 9.36. The average Bonchev–Trinajstić information content (AvgIpc) is 2.82. The van der Waals surface area contributed by atoms with E-state index < -0.39 is 17.3 Å². The molecule has 2 rings (SSSR count). The number of esters is 1. The summed E-state index contributed by atoms with van der Waals surface area (Å²) in [6.07, 6.45) is -2.33. The Morgan fingerprint density at radius 2 is 2.33 bits per heavy atom. The number of carbonyl (C=O) groups is 1. The molecular weight excluding hydrogens is 236 g/mol. The molecule has 0 amide bonds. The van der Waals surface area contributed by atoms with Gasteiger partial charge in [-0.15, -0.1) is 0 Å². The Balaban J connectivity index is 2.46. The number of hydrogen-bond donors (Lipinski definition) is 1. The summed E-state index contributed by atoms with van der Waals surface area (Å²) in [6, 6.07) is 5.47. The molecule has 0 atom stereocenters. The number of aromatic nitrogens is 1. The van der Waals surface area contributed by atoms with Crippen LogP contribution in [0.3, 0.4) is 0 Å². The zero-order chi connectivity index (χ0) is 14.9. The second-order valence-electron chi connectivity index (χ2n) is 3.56. The summed E-state index contributed by atoms with van der Waals surface area (Å²) >= 11 is 0. The number of fused-ring (bicyclic) bond motifs is 1. The summed E-state index contributed by atoms with van der Waals surface area (Å²) in [5.41, 5.74) is 0.421. The molecule has 0 unspecified atom stereocenters. The number of aromatic amines is 1. The molecule has 0 aliphatic rings. The highest BCUT2D eigenvalue weighted by Gasteiger charge is 2.10. The molecule has 1 aromatic heterocycles. The summed E-state index contributed by atoms with van der Waals surface area (Å²) in [5.74, 6) is -0.999. The highest BCUT2D eigenvalue weighted by Crippen LogP contribution is 2.21. The Bertz CT molecular complexity index is 681. The monoisotopic (exact) mass is 250 g/mol. The van der Waals surface area contributed by atoms with Gasteiger partial charge in [-0.3, -0.25) is 14.9 Å².